The molecule has 5 rings (SSSR count). The lowest BCUT2D eigenvalue weighted by Gasteiger charge is -2.30. The molecule has 0 radical (unpaired) electrons. The number of imidazole rings is 1. The first-order valence-corrected chi connectivity index (χ1v) is 15.3. The first-order valence-electron chi connectivity index (χ1n) is 13.0. The van der Waals surface area contributed by atoms with Crippen LogP contribution < -0.4 is 15.4 Å². The van der Waals surface area contributed by atoms with Crippen LogP contribution in [0.5, 0.6) is 0 Å². The van der Waals surface area contributed by atoms with E-state index in [1.165, 1.54) is 11.3 Å². The molecule has 0 spiro atoms. The molecule has 39 heavy (non-hydrogen) atoms. The van der Waals surface area contributed by atoms with Crippen LogP contribution in [0.2, 0.25) is 0 Å². The lowest BCUT2D eigenvalue weighted by atomic mass is 9.86. The maximum atomic E-state index is 13.5. The summed E-state index contributed by atoms with van der Waals surface area (Å²) < 4.78 is 40.1. The van der Waals surface area contributed by atoms with E-state index in [4.69, 9.17) is 9.47 Å². The number of ether oxygens (including phenoxy) is 2. The number of anilines is 2. The number of carbonyl (C=O) groups is 1. The van der Waals surface area contributed by atoms with E-state index < -0.39 is 15.6 Å². The van der Waals surface area contributed by atoms with Crippen molar-refractivity contribution in [2.45, 2.75) is 75.0 Å². The Labute approximate surface area is 232 Å². The molecule has 1 saturated heterocycles. The molecule has 2 fully saturated rings. The Morgan fingerprint density at radius 1 is 1.15 bits per heavy atom. The first kappa shape index (κ1) is 27.6. The number of H-pyrrole nitrogens is 1. The second-order valence-corrected chi connectivity index (χ2v) is 13.7. The minimum absolute atomic E-state index is 0.0728. The number of nitrogens with zero attached hydrogens (tertiary/aromatic N) is 2. The van der Waals surface area contributed by atoms with Crippen LogP contribution >= 0.6 is 11.3 Å². The number of nitrogens with one attached hydrogen (secondary N) is 4. The molecular formula is C26H34N6O5S2. The van der Waals surface area contributed by atoms with Crippen LogP contribution in [0.25, 0.3) is 10.4 Å². The summed E-state index contributed by atoms with van der Waals surface area (Å²) in [5, 5.41) is 7.05. The van der Waals surface area contributed by atoms with Crippen LogP contribution in [0.3, 0.4) is 0 Å². The maximum Gasteiger partial charge on any atom is 0.407 e. The number of hydrogen-bond acceptors (Lipinski definition) is 9. The Balaban J connectivity index is 1.31. The summed E-state index contributed by atoms with van der Waals surface area (Å²) in [5.74, 6) is 0.774. The van der Waals surface area contributed by atoms with Gasteiger partial charge in [-0.2, -0.15) is 0 Å². The van der Waals surface area contributed by atoms with Gasteiger partial charge in [-0.15, -0.1) is 11.3 Å². The SMILES string of the molecule is CC(C)(C)NS(=O)(=O)c1cc(Nc2ncc[nH]2)ccc1-c1cnc(C2CCC(NC(=O)OC3COC3)CC2)s1. The highest BCUT2D eigenvalue weighted by Gasteiger charge is 2.30. The molecule has 1 amide bonds. The Hall–Kier alpha value is -3.00. The van der Waals surface area contributed by atoms with Crippen LogP contribution in [0.15, 0.2) is 41.7 Å². The van der Waals surface area contributed by atoms with Gasteiger partial charge in [0.15, 0.2) is 6.10 Å². The predicted molar refractivity (Wildman–Crippen MR) is 149 cm³/mol. The molecule has 1 aromatic carbocycles. The molecular weight excluding hydrogens is 540 g/mol. The zero-order chi connectivity index (χ0) is 27.6. The summed E-state index contributed by atoms with van der Waals surface area (Å²) in [4.78, 5) is 24.9. The maximum absolute atomic E-state index is 13.5. The minimum Gasteiger partial charge on any atom is -0.441 e. The second-order valence-electron chi connectivity index (χ2n) is 10.9. The van der Waals surface area contributed by atoms with Crippen LogP contribution in [-0.4, -0.2) is 60.4 Å². The highest BCUT2D eigenvalue weighted by Crippen LogP contribution is 2.40. The van der Waals surface area contributed by atoms with Crippen LogP contribution in [0.4, 0.5) is 16.4 Å². The van der Waals surface area contributed by atoms with Gasteiger partial charge in [0.1, 0.15) is 0 Å². The van der Waals surface area contributed by atoms with Crippen molar-refractivity contribution in [3.63, 3.8) is 0 Å². The molecule has 3 heterocycles. The molecule has 4 N–H and O–H groups in total. The molecule has 0 unspecified atom stereocenters. The van der Waals surface area contributed by atoms with Gasteiger partial charge in [0, 0.05) is 47.3 Å². The fourth-order valence-corrected chi connectivity index (χ4v) is 7.53. The third-order valence-corrected chi connectivity index (χ3v) is 9.53. The van der Waals surface area contributed by atoms with Crippen LogP contribution in [0, 0.1) is 0 Å². The molecule has 2 aliphatic rings. The summed E-state index contributed by atoms with van der Waals surface area (Å²) >= 11 is 1.52. The van der Waals surface area contributed by atoms with E-state index in [9.17, 15) is 13.2 Å². The lowest BCUT2D eigenvalue weighted by molar-refractivity contribution is -0.0985. The monoisotopic (exact) mass is 574 g/mol. The number of sulfonamides is 1. The number of carbonyl (C=O) groups excluding carboxylic acids is 1. The first-order chi connectivity index (χ1) is 18.6. The average molecular weight is 575 g/mol. The molecule has 1 saturated carbocycles. The van der Waals surface area contributed by atoms with Crippen molar-refractivity contribution < 1.29 is 22.7 Å². The van der Waals surface area contributed by atoms with Gasteiger partial charge in [0.2, 0.25) is 16.0 Å². The van der Waals surface area contributed by atoms with Crippen molar-refractivity contribution in [3.8, 4) is 10.4 Å². The highest BCUT2D eigenvalue weighted by atomic mass is 32.2. The van der Waals surface area contributed by atoms with E-state index in [1.807, 2.05) is 26.8 Å². The number of amides is 1. The number of benzene rings is 1. The summed E-state index contributed by atoms with van der Waals surface area (Å²) in [7, 11) is -3.84. The van der Waals surface area contributed by atoms with Crippen LogP contribution in [-0.2, 0) is 19.5 Å². The molecule has 210 valence electrons. The molecule has 2 aromatic heterocycles. The van der Waals surface area contributed by atoms with Crippen molar-refractivity contribution >= 4 is 39.1 Å². The molecule has 11 nitrogen and oxygen atoms in total. The van der Waals surface area contributed by atoms with Gasteiger partial charge in [-0.1, -0.05) is 6.07 Å². The van der Waals surface area contributed by atoms with Gasteiger partial charge in [0.05, 0.1) is 28.0 Å². The topological polar surface area (TPSA) is 147 Å². The van der Waals surface area contributed by atoms with Crippen LogP contribution in [0.1, 0.15) is 57.4 Å². The summed E-state index contributed by atoms with van der Waals surface area (Å²) in [6.45, 7) is 6.36. The van der Waals surface area contributed by atoms with Crippen molar-refractivity contribution in [1.82, 2.24) is 25.0 Å². The van der Waals surface area contributed by atoms with Gasteiger partial charge in [0.25, 0.3) is 0 Å². The third kappa shape index (κ3) is 6.96. The lowest BCUT2D eigenvalue weighted by Crippen LogP contribution is -2.44. The fourth-order valence-electron chi connectivity index (χ4n) is 4.67. The summed E-state index contributed by atoms with van der Waals surface area (Å²) in [5.41, 5.74) is 0.546. The van der Waals surface area contributed by atoms with E-state index in [0.717, 1.165) is 35.6 Å². The van der Waals surface area contributed by atoms with Crippen molar-refractivity contribution in [2.75, 3.05) is 18.5 Å². The molecule has 0 atom stereocenters. The molecule has 13 heteroatoms. The summed E-state index contributed by atoms with van der Waals surface area (Å²) in [6, 6.07) is 5.33. The number of aromatic amines is 1. The Kier molecular flexibility index (Phi) is 7.94. The Morgan fingerprint density at radius 3 is 2.56 bits per heavy atom. The van der Waals surface area contributed by atoms with Crippen molar-refractivity contribution in [3.05, 3.63) is 41.8 Å². The number of alkyl carbamates (subject to hydrolysis) is 1. The van der Waals surface area contributed by atoms with E-state index in [0.29, 0.717) is 30.4 Å². The molecule has 1 aliphatic carbocycles. The van der Waals surface area contributed by atoms with Gasteiger partial charge in [-0.05, 0) is 58.6 Å². The quantitative estimate of drug-likeness (QED) is 0.307. The fraction of sp³-hybridized carbons (Fsp3) is 0.500. The normalized spacial score (nSPS) is 20.3. The molecule has 3 aromatic rings. The molecule has 1 aliphatic heterocycles. The molecule has 0 bridgehead atoms. The summed E-state index contributed by atoms with van der Waals surface area (Å²) in [6.07, 6.45) is 7.97. The van der Waals surface area contributed by atoms with Gasteiger partial charge in [-0.25, -0.2) is 27.9 Å². The highest BCUT2D eigenvalue weighted by molar-refractivity contribution is 7.89. The van der Waals surface area contributed by atoms with Gasteiger partial charge in [-0.3, -0.25) is 0 Å². The van der Waals surface area contributed by atoms with E-state index in [-0.39, 0.29) is 29.1 Å². The number of rotatable bonds is 8. The second kappa shape index (κ2) is 11.2. The van der Waals surface area contributed by atoms with E-state index in [2.05, 4.69) is 30.3 Å². The minimum atomic E-state index is -3.84. The zero-order valence-electron chi connectivity index (χ0n) is 22.2. The largest absolute Gasteiger partial charge is 0.441 e. The van der Waals surface area contributed by atoms with Crippen molar-refractivity contribution in [2.24, 2.45) is 0 Å². The van der Waals surface area contributed by atoms with Gasteiger partial charge < -0.3 is 25.1 Å². The Bertz CT molecular complexity index is 1390. The average Bonchev–Trinajstić information content (AvgIpc) is 3.53. The standard InChI is InChI=1S/C26H34N6O5S2/c1-26(2,3)32-39(34,35)22-12-18(30-24-27-10-11-28-24)8-9-20(22)21-13-29-23(38-21)16-4-6-17(7-5-16)31-25(33)37-19-14-36-15-19/h8-13,16-17,19,32H,4-7,14-15H2,1-3H3,(H,31,33)(H2,27,28,30). The third-order valence-electron chi connectivity index (χ3n) is 6.54. The zero-order valence-corrected chi connectivity index (χ0v) is 23.8. The van der Waals surface area contributed by atoms with E-state index in [1.54, 1.807) is 30.7 Å². The number of aromatic nitrogens is 3. The number of thiazole rings is 1. The van der Waals surface area contributed by atoms with Crippen molar-refractivity contribution in [1.29, 1.82) is 0 Å². The predicted octanol–water partition coefficient (Wildman–Crippen LogP) is 4.50. The van der Waals surface area contributed by atoms with Gasteiger partial charge >= 0.3 is 6.09 Å². The Morgan fingerprint density at radius 2 is 1.92 bits per heavy atom. The smallest absolute Gasteiger partial charge is 0.407 e. The van der Waals surface area contributed by atoms with E-state index >= 15 is 0 Å². The number of hydrogen-bond donors (Lipinski definition) is 4.